The van der Waals surface area contributed by atoms with Crippen LogP contribution in [-0.2, 0) is 11.4 Å². The number of ether oxygens (including phenoxy) is 1. The van der Waals surface area contributed by atoms with Gasteiger partial charge in [-0.05, 0) is 6.07 Å². The Labute approximate surface area is 89.8 Å². The summed E-state index contributed by atoms with van der Waals surface area (Å²) < 4.78 is 30.2. The molecule has 0 saturated carbocycles. The Bertz CT molecular complexity index is 385. The Hall–Kier alpha value is -1.73. The van der Waals surface area contributed by atoms with Gasteiger partial charge in [0.2, 0.25) is 0 Å². The number of carbonyl (C=O) groups excluding carboxylic acids is 1. The lowest BCUT2D eigenvalue weighted by Gasteiger charge is -2.17. The summed E-state index contributed by atoms with van der Waals surface area (Å²) >= 11 is 0. The topological polar surface area (TPSA) is 84.6 Å². The van der Waals surface area contributed by atoms with E-state index in [1.165, 1.54) is 23.6 Å². The maximum atomic E-state index is 13.0. The van der Waals surface area contributed by atoms with E-state index in [-0.39, 0.29) is 11.3 Å². The van der Waals surface area contributed by atoms with Crippen molar-refractivity contribution in [2.75, 3.05) is 0 Å². The van der Waals surface area contributed by atoms with Crippen molar-refractivity contribution in [3.63, 3.8) is 0 Å². The summed E-state index contributed by atoms with van der Waals surface area (Å²) in [7, 11) is 0. The van der Waals surface area contributed by atoms with Crippen LogP contribution in [0, 0.1) is 0 Å². The second kappa shape index (κ2) is 4.86. The van der Waals surface area contributed by atoms with E-state index in [9.17, 15) is 13.6 Å². The SMILES string of the molecule is NNC(=O)C(F)(F)Oc1ccccc1CO. The molecule has 1 rings (SSSR count). The maximum Gasteiger partial charge on any atom is 0.483 e. The number of aliphatic hydroxyl groups excluding tert-OH is 1. The van der Waals surface area contributed by atoms with Gasteiger partial charge in [-0.3, -0.25) is 10.2 Å². The Morgan fingerprint density at radius 3 is 2.69 bits per heavy atom. The van der Waals surface area contributed by atoms with Crippen molar-refractivity contribution >= 4 is 5.91 Å². The fourth-order valence-electron chi connectivity index (χ4n) is 1.00. The third-order valence-corrected chi connectivity index (χ3v) is 1.78. The average Bonchev–Trinajstić information content (AvgIpc) is 2.28. The molecule has 1 aromatic carbocycles. The lowest BCUT2D eigenvalue weighted by molar-refractivity contribution is -0.193. The van der Waals surface area contributed by atoms with Crippen LogP contribution >= 0.6 is 0 Å². The van der Waals surface area contributed by atoms with Crippen LogP contribution in [0.2, 0.25) is 0 Å². The minimum atomic E-state index is -4.08. The predicted molar refractivity (Wildman–Crippen MR) is 50.3 cm³/mol. The Morgan fingerprint density at radius 1 is 1.50 bits per heavy atom. The van der Waals surface area contributed by atoms with Gasteiger partial charge in [-0.1, -0.05) is 18.2 Å². The molecule has 0 fully saturated rings. The first kappa shape index (κ1) is 12.3. The molecule has 0 spiro atoms. The Kier molecular flexibility index (Phi) is 3.75. The van der Waals surface area contributed by atoms with Crippen molar-refractivity contribution in [3.8, 4) is 5.75 Å². The molecule has 7 heteroatoms. The number of hydrogen-bond acceptors (Lipinski definition) is 4. The normalized spacial score (nSPS) is 11.0. The van der Waals surface area contributed by atoms with Crippen molar-refractivity contribution < 1.29 is 23.4 Å². The molecule has 0 aromatic heterocycles. The van der Waals surface area contributed by atoms with Crippen LogP contribution in [0.1, 0.15) is 5.56 Å². The monoisotopic (exact) mass is 232 g/mol. The highest BCUT2D eigenvalue weighted by Crippen LogP contribution is 2.25. The van der Waals surface area contributed by atoms with E-state index in [4.69, 9.17) is 5.11 Å². The molecular weight excluding hydrogens is 222 g/mol. The number of nitrogens with two attached hydrogens (primary N) is 1. The second-order valence-corrected chi connectivity index (χ2v) is 2.86. The Morgan fingerprint density at radius 2 is 2.12 bits per heavy atom. The lowest BCUT2D eigenvalue weighted by atomic mass is 10.2. The van der Waals surface area contributed by atoms with Crippen LogP contribution in [0.3, 0.4) is 0 Å². The second-order valence-electron chi connectivity index (χ2n) is 2.86. The van der Waals surface area contributed by atoms with E-state index in [2.05, 4.69) is 10.6 Å². The number of aliphatic hydroxyl groups is 1. The molecule has 0 bridgehead atoms. The zero-order valence-electron chi connectivity index (χ0n) is 8.11. The third-order valence-electron chi connectivity index (χ3n) is 1.78. The zero-order valence-corrected chi connectivity index (χ0v) is 8.11. The van der Waals surface area contributed by atoms with Gasteiger partial charge >= 0.3 is 12.0 Å². The highest BCUT2D eigenvalue weighted by molar-refractivity contribution is 5.81. The molecule has 0 unspecified atom stereocenters. The quantitative estimate of drug-likeness (QED) is 0.391. The molecule has 0 heterocycles. The van der Waals surface area contributed by atoms with E-state index in [1.807, 2.05) is 0 Å². The summed E-state index contributed by atoms with van der Waals surface area (Å²) in [4.78, 5) is 10.7. The van der Waals surface area contributed by atoms with E-state index in [1.54, 1.807) is 6.07 Å². The number of hydrazine groups is 1. The van der Waals surface area contributed by atoms with Gasteiger partial charge in [0, 0.05) is 5.56 Å². The average molecular weight is 232 g/mol. The molecule has 4 N–H and O–H groups in total. The number of carbonyl (C=O) groups is 1. The zero-order chi connectivity index (χ0) is 12.2. The number of halogens is 2. The highest BCUT2D eigenvalue weighted by Gasteiger charge is 2.42. The van der Waals surface area contributed by atoms with Gasteiger partial charge < -0.3 is 9.84 Å². The van der Waals surface area contributed by atoms with E-state index < -0.39 is 18.6 Å². The molecule has 0 saturated heterocycles. The van der Waals surface area contributed by atoms with E-state index in [0.717, 1.165) is 0 Å². The van der Waals surface area contributed by atoms with Crippen LogP contribution in [0.5, 0.6) is 5.75 Å². The van der Waals surface area contributed by atoms with E-state index >= 15 is 0 Å². The van der Waals surface area contributed by atoms with Crippen LogP contribution < -0.4 is 16.0 Å². The molecule has 0 atom stereocenters. The van der Waals surface area contributed by atoms with Gasteiger partial charge in [0.15, 0.2) is 0 Å². The first-order valence-corrected chi connectivity index (χ1v) is 4.28. The fraction of sp³-hybridized carbons (Fsp3) is 0.222. The van der Waals surface area contributed by atoms with Crippen molar-refractivity contribution in [1.29, 1.82) is 0 Å². The molecular formula is C9H10F2N2O3. The van der Waals surface area contributed by atoms with Crippen LogP contribution in [0.15, 0.2) is 24.3 Å². The molecule has 0 aliphatic carbocycles. The molecule has 1 amide bonds. The number of benzene rings is 1. The summed E-state index contributed by atoms with van der Waals surface area (Å²) in [6.07, 6.45) is -4.08. The van der Waals surface area contributed by atoms with Crippen LogP contribution in [-0.4, -0.2) is 17.1 Å². The van der Waals surface area contributed by atoms with Crippen molar-refractivity contribution in [2.45, 2.75) is 12.7 Å². The van der Waals surface area contributed by atoms with Gasteiger partial charge in [0.05, 0.1) is 6.61 Å². The highest BCUT2D eigenvalue weighted by atomic mass is 19.3. The molecule has 1 aromatic rings. The predicted octanol–water partition coefficient (Wildman–Crippen LogP) is 0.140. The van der Waals surface area contributed by atoms with Crippen LogP contribution in [0.4, 0.5) is 8.78 Å². The third kappa shape index (κ3) is 2.65. The van der Waals surface area contributed by atoms with Crippen molar-refractivity contribution in [3.05, 3.63) is 29.8 Å². The number of rotatable bonds is 4. The maximum absolute atomic E-state index is 13.0. The first-order valence-electron chi connectivity index (χ1n) is 4.28. The van der Waals surface area contributed by atoms with Crippen LogP contribution in [0.25, 0.3) is 0 Å². The summed E-state index contributed by atoms with van der Waals surface area (Å²) in [6, 6.07) is 5.58. The minimum Gasteiger partial charge on any atom is -0.425 e. The smallest absolute Gasteiger partial charge is 0.425 e. The number of amides is 1. The molecule has 88 valence electrons. The minimum absolute atomic E-state index is 0.145. The molecule has 0 aliphatic heterocycles. The van der Waals surface area contributed by atoms with Gasteiger partial charge in [0.25, 0.3) is 0 Å². The van der Waals surface area contributed by atoms with Crippen molar-refractivity contribution in [1.82, 2.24) is 5.43 Å². The number of alkyl halides is 2. The summed E-state index contributed by atoms with van der Waals surface area (Å²) in [5.41, 5.74) is 1.43. The van der Waals surface area contributed by atoms with Gasteiger partial charge in [0.1, 0.15) is 5.75 Å². The molecule has 5 nitrogen and oxygen atoms in total. The summed E-state index contributed by atoms with van der Waals surface area (Å²) in [5.74, 6) is 2.53. The first-order chi connectivity index (χ1) is 7.51. The van der Waals surface area contributed by atoms with Crippen molar-refractivity contribution in [2.24, 2.45) is 5.84 Å². The molecule has 0 aliphatic rings. The summed E-state index contributed by atoms with van der Waals surface area (Å²) in [5, 5.41) is 8.86. The molecule has 0 radical (unpaired) electrons. The number of nitrogens with one attached hydrogen (secondary N) is 1. The number of para-hydroxylation sites is 1. The molecule has 16 heavy (non-hydrogen) atoms. The van der Waals surface area contributed by atoms with Gasteiger partial charge in [-0.15, -0.1) is 0 Å². The Balaban J connectivity index is 2.91. The lowest BCUT2D eigenvalue weighted by Crippen LogP contribution is -2.47. The fourth-order valence-corrected chi connectivity index (χ4v) is 1.00. The van der Waals surface area contributed by atoms with E-state index in [0.29, 0.717) is 0 Å². The standard InChI is InChI=1S/C9H10F2N2O3/c10-9(11,8(15)13-12)16-7-4-2-1-3-6(7)5-14/h1-4,14H,5,12H2,(H,13,15). The van der Waals surface area contributed by atoms with Gasteiger partial charge in [-0.25, -0.2) is 5.84 Å². The summed E-state index contributed by atoms with van der Waals surface area (Å²) in [6.45, 7) is -0.476. The number of hydrogen-bond donors (Lipinski definition) is 3. The van der Waals surface area contributed by atoms with Gasteiger partial charge in [-0.2, -0.15) is 8.78 Å². The largest absolute Gasteiger partial charge is 0.483 e.